The fourth-order valence-corrected chi connectivity index (χ4v) is 4.76. The topological polar surface area (TPSA) is 82.0 Å². The smallest absolute Gasteiger partial charge is 0.224 e. The van der Waals surface area contributed by atoms with Gasteiger partial charge in [0.25, 0.3) is 0 Å². The van der Waals surface area contributed by atoms with Gasteiger partial charge >= 0.3 is 0 Å². The Kier molecular flexibility index (Phi) is 11.3. The second kappa shape index (κ2) is 13.7. The van der Waals surface area contributed by atoms with Gasteiger partial charge in [0.1, 0.15) is 29.6 Å². The molecule has 2 heterocycles. The number of ether oxygens (including phenoxy) is 1. The third-order valence-electron chi connectivity index (χ3n) is 6.28. The summed E-state index contributed by atoms with van der Waals surface area (Å²) in [6.07, 6.45) is 2.23. The SMILES string of the molecule is CF.CO.Cc1cc(CCl)cc(F)c1N1CCC[C@@](O)(COc2ccc(F)c3c2CCC(=O)N3)CC1. The predicted molar refractivity (Wildman–Crippen MR) is 136 cm³/mol. The molecule has 0 aromatic heterocycles. The van der Waals surface area contributed by atoms with Gasteiger partial charge in [-0.15, -0.1) is 11.6 Å². The van der Waals surface area contributed by atoms with Crippen molar-refractivity contribution in [2.75, 3.05) is 44.2 Å². The zero-order valence-electron chi connectivity index (χ0n) is 20.8. The first kappa shape index (κ1) is 29.7. The van der Waals surface area contributed by atoms with Gasteiger partial charge in [0, 0.05) is 38.1 Å². The van der Waals surface area contributed by atoms with Crippen molar-refractivity contribution in [3.8, 4) is 5.75 Å². The fourth-order valence-electron chi connectivity index (χ4n) is 4.60. The van der Waals surface area contributed by atoms with Crippen LogP contribution in [0.25, 0.3) is 0 Å². The Morgan fingerprint density at radius 1 is 1.11 bits per heavy atom. The van der Waals surface area contributed by atoms with Crippen LogP contribution in [-0.2, 0) is 17.1 Å². The number of carbonyl (C=O) groups excluding carboxylic acids is 1. The number of aliphatic hydroxyl groups is 2. The van der Waals surface area contributed by atoms with Crippen molar-refractivity contribution in [3.05, 3.63) is 52.6 Å². The van der Waals surface area contributed by atoms with Crippen LogP contribution in [0.5, 0.6) is 5.75 Å². The molecule has 36 heavy (non-hydrogen) atoms. The maximum Gasteiger partial charge on any atom is 0.224 e. The first-order valence-corrected chi connectivity index (χ1v) is 12.2. The molecular formula is C26H34ClF3N2O4. The van der Waals surface area contributed by atoms with Crippen LogP contribution in [0, 0.1) is 18.6 Å². The summed E-state index contributed by atoms with van der Waals surface area (Å²) in [5, 5.41) is 20.8. The summed E-state index contributed by atoms with van der Waals surface area (Å²) in [5.74, 6) is -0.303. The van der Waals surface area contributed by atoms with Gasteiger partial charge in [-0.25, -0.2) is 8.78 Å². The number of halogens is 4. The minimum atomic E-state index is -1.09. The molecule has 1 saturated heterocycles. The maximum atomic E-state index is 14.7. The Morgan fingerprint density at radius 3 is 2.50 bits per heavy atom. The second-order valence-electron chi connectivity index (χ2n) is 8.68. The maximum absolute atomic E-state index is 14.7. The summed E-state index contributed by atoms with van der Waals surface area (Å²) < 4.78 is 44.3. The van der Waals surface area contributed by atoms with Crippen molar-refractivity contribution in [2.45, 2.75) is 50.5 Å². The number of benzene rings is 2. The van der Waals surface area contributed by atoms with Gasteiger partial charge in [-0.1, -0.05) is 6.07 Å². The Morgan fingerprint density at radius 2 is 1.83 bits per heavy atom. The highest BCUT2D eigenvalue weighted by Gasteiger charge is 2.33. The molecule has 10 heteroatoms. The lowest BCUT2D eigenvalue weighted by Gasteiger charge is -2.29. The molecule has 0 aliphatic carbocycles. The van der Waals surface area contributed by atoms with Crippen LogP contribution in [0.4, 0.5) is 24.5 Å². The van der Waals surface area contributed by atoms with Crippen molar-refractivity contribution in [1.82, 2.24) is 0 Å². The Hall–Kier alpha value is -2.49. The molecule has 200 valence electrons. The molecule has 1 fully saturated rings. The lowest BCUT2D eigenvalue weighted by atomic mass is 9.96. The summed E-state index contributed by atoms with van der Waals surface area (Å²) in [7, 11) is 1.50. The number of aliphatic hydroxyl groups excluding tert-OH is 1. The minimum absolute atomic E-state index is 0.0412. The third-order valence-corrected chi connectivity index (χ3v) is 6.59. The number of carbonyl (C=O) groups is 1. The standard InChI is InChI=1S/C24H27ClF2N2O3.CH3F.CH4O/c1-15-11-16(13-25)12-19(27)23(15)29-9-2-7-24(31,8-10-29)14-32-20-5-4-18(26)22-17(20)3-6-21(30)28-22;2*1-2/h4-5,11-12,31H,2-3,6-10,13-14H2,1H3,(H,28,30);1H3;2H,1H3/t24-;;/m0../s1. The van der Waals surface area contributed by atoms with Gasteiger partial charge in [0.2, 0.25) is 5.91 Å². The van der Waals surface area contributed by atoms with Gasteiger partial charge in [-0.2, -0.15) is 0 Å². The molecule has 0 radical (unpaired) electrons. The molecule has 0 saturated carbocycles. The first-order valence-electron chi connectivity index (χ1n) is 11.7. The summed E-state index contributed by atoms with van der Waals surface area (Å²) in [6.45, 7) is 3.01. The van der Waals surface area contributed by atoms with Crippen molar-refractivity contribution in [1.29, 1.82) is 0 Å². The number of alkyl halides is 2. The molecule has 6 nitrogen and oxygen atoms in total. The number of aryl methyl sites for hydroxylation is 1. The van der Waals surface area contributed by atoms with Crippen LogP contribution in [0.3, 0.4) is 0 Å². The van der Waals surface area contributed by atoms with Gasteiger partial charge in [0.15, 0.2) is 0 Å². The third kappa shape index (κ3) is 7.05. The Balaban J connectivity index is 0.00000109. The van der Waals surface area contributed by atoms with Crippen molar-refractivity contribution in [2.24, 2.45) is 0 Å². The number of amides is 1. The van der Waals surface area contributed by atoms with E-state index in [0.29, 0.717) is 63.0 Å². The van der Waals surface area contributed by atoms with Crippen LogP contribution >= 0.6 is 11.6 Å². The molecule has 1 atom stereocenters. The van der Waals surface area contributed by atoms with Crippen LogP contribution in [0.1, 0.15) is 42.4 Å². The van der Waals surface area contributed by atoms with Gasteiger partial charge in [-0.05, 0) is 61.9 Å². The lowest BCUT2D eigenvalue weighted by Crippen LogP contribution is -2.37. The average molecular weight is 531 g/mol. The number of hydrogen-bond acceptors (Lipinski definition) is 5. The zero-order chi connectivity index (χ0) is 26.9. The number of fused-ring (bicyclic) bond motifs is 1. The zero-order valence-corrected chi connectivity index (χ0v) is 21.6. The average Bonchev–Trinajstić information content (AvgIpc) is 3.07. The number of rotatable bonds is 5. The van der Waals surface area contributed by atoms with Crippen molar-refractivity contribution >= 4 is 28.9 Å². The van der Waals surface area contributed by atoms with Crippen LogP contribution < -0.4 is 15.0 Å². The van der Waals surface area contributed by atoms with Crippen LogP contribution in [0.15, 0.2) is 24.3 Å². The van der Waals surface area contributed by atoms with E-state index >= 15 is 0 Å². The number of anilines is 2. The van der Waals surface area contributed by atoms with Gasteiger partial charge in [0.05, 0.1) is 18.6 Å². The highest BCUT2D eigenvalue weighted by atomic mass is 35.5. The minimum Gasteiger partial charge on any atom is -0.490 e. The van der Waals surface area contributed by atoms with Crippen molar-refractivity contribution < 1.29 is 32.9 Å². The molecule has 2 aliphatic heterocycles. The van der Waals surface area contributed by atoms with E-state index in [1.807, 2.05) is 17.9 Å². The normalized spacial score (nSPS) is 19.0. The molecular weight excluding hydrogens is 497 g/mol. The number of nitrogens with one attached hydrogen (secondary N) is 1. The lowest BCUT2D eigenvalue weighted by molar-refractivity contribution is -0.116. The monoisotopic (exact) mass is 530 g/mol. The van der Waals surface area contributed by atoms with E-state index < -0.39 is 11.4 Å². The molecule has 0 spiro atoms. The Labute approximate surface area is 215 Å². The highest BCUT2D eigenvalue weighted by molar-refractivity contribution is 6.17. The summed E-state index contributed by atoms with van der Waals surface area (Å²) in [5.41, 5.74) is 1.79. The fraction of sp³-hybridized carbons (Fsp3) is 0.500. The van der Waals surface area contributed by atoms with Crippen LogP contribution in [-0.4, -0.2) is 55.7 Å². The predicted octanol–water partition coefficient (Wildman–Crippen LogP) is 4.89. The molecule has 1 amide bonds. The van der Waals surface area contributed by atoms with E-state index in [1.54, 1.807) is 0 Å². The summed E-state index contributed by atoms with van der Waals surface area (Å²) in [4.78, 5) is 13.6. The molecule has 0 unspecified atom stereocenters. The quantitative estimate of drug-likeness (QED) is 0.479. The molecule has 4 rings (SSSR count). The largest absolute Gasteiger partial charge is 0.490 e. The molecule has 2 aromatic carbocycles. The van der Waals surface area contributed by atoms with E-state index in [-0.39, 0.29) is 36.3 Å². The van der Waals surface area contributed by atoms with E-state index in [1.165, 1.54) is 18.2 Å². The second-order valence-corrected chi connectivity index (χ2v) is 8.94. The Bertz CT molecular complexity index is 1020. The first-order chi connectivity index (χ1) is 17.3. The van der Waals surface area contributed by atoms with E-state index in [9.17, 15) is 23.1 Å². The number of nitrogens with zero attached hydrogens (tertiary/aromatic N) is 1. The molecule has 3 N–H and O–H groups in total. The van der Waals surface area contributed by atoms with Gasteiger partial charge in [-0.3, -0.25) is 9.18 Å². The van der Waals surface area contributed by atoms with E-state index in [0.717, 1.165) is 18.2 Å². The summed E-state index contributed by atoms with van der Waals surface area (Å²) >= 11 is 5.85. The summed E-state index contributed by atoms with van der Waals surface area (Å²) in [6, 6.07) is 6.15. The molecule has 2 aromatic rings. The van der Waals surface area contributed by atoms with Gasteiger partial charge < -0.3 is 25.2 Å². The number of hydrogen-bond donors (Lipinski definition) is 3. The van der Waals surface area contributed by atoms with Crippen LogP contribution in [0.2, 0.25) is 0 Å². The molecule has 0 bridgehead atoms. The van der Waals surface area contributed by atoms with Crippen molar-refractivity contribution in [3.63, 3.8) is 0 Å². The van der Waals surface area contributed by atoms with E-state index in [4.69, 9.17) is 21.4 Å². The highest BCUT2D eigenvalue weighted by Crippen LogP contribution is 2.35. The molecule has 2 aliphatic rings. The van der Waals surface area contributed by atoms with E-state index in [2.05, 4.69) is 5.32 Å².